The van der Waals surface area contributed by atoms with Crippen LogP contribution in [0.3, 0.4) is 0 Å². The van der Waals surface area contributed by atoms with Crippen LogP contribution in [-0.4, -0.2) is 54.5 Å². The van der Waals surface area contributed by atoms with Crippen molar-refractivity contribution in [3.05, 3.63) is 75.0 Å². The summed E-state index contributed by atoms with van der Waals surface area (Å²) in [5, 5.41) is 23.3. The first-order valence-corrected chi connectivity index (χ1v) is 12.3. The highest BCUT2D eigenvalue weighted by molar-refractivity contribution is 6.20. The van der Waals surface area contributed by atoms with E-state index < -0.39 is 4.92 Å². The second-order valence-corrected chi connectivity index (χ2v) is 9.48. The van der Waals surface area contributed by atoms with Gasteiger partial charge >= 0.3 is 0 Å². The normalized spacial score (nSPS) is 12.8. The van der Waals surface area contributed by atoms with E-state index in [4.69, 9.17) is 16.3 Å². The van der Waals surface area contributed by atoms with Crippen molar-refractivity contribution in [3.63, 3.8) is 0 Å². The van der Waals surface area contributed by atoms with E-state index in [1.807, 2.05) is 37.2 Å². The zero-order valence-electron chi connectivity index (χ0n) is 20.4. The van der Waals surface area contributed by atoms with Crippen LogP contribution in [0.25, 0.3) is 21.7 Å². The highest BCUT2D eigenvalue weighted by Crippen LogP contribution is 2.45. The van der Waals surface area contributed by atoms with E-state index >= 15 is 0 Å². The molecule has 3 aromatic carbocycles. The minimum Gasteiger partial charge on any atom is -0.492 e. The molecule has 4 aromatic rings. The lowest BCUT2D eigenvalue weighted by molar-refractivity contribution is -0.383. The first kappa shape index (κ1) is 24.6. The number of aromatic nitrogens is 1. The molecule has 0 radical (unpaired) electrons. The molecule has 0 bridgehead atoms. The Morgan fingerprint density at radius 1 is 1.24 bits per heavy atom. The third kappa shape index (κ3) is 4.35. The second kappa shape index (κ2) is 9.73. The number of nitrogens with zero attached hydrogens (tertiary/aromatic N) is 4. The highest BCUT2D eigenvalue weighted by atomic mass is 35.5. The van der Waals surface area contributed by atoms with Gasteiger partial charge in [-0.2, -0.15) is 5.26 Å². The van der Waals surface area contributed by atoms with Crippen LogP contribution in [0.1, 0.15) is 27.2 Å². The van der Waals surface area contributed by atoms with Crippen LogP contribution < -0.4 is 9.64 Å². The maximum absolute atomic E-state index is 13.7. The molecule has 10 heteroatoms. The van der Waals surface area contributed by atoms with Crippen LogP contribution in [0.4, 0.5) is 11.4 Å². The number of nitrogens with one attached hydrogen (secondary N) is 1. The average molecular weight is 518 g/mol. The molecule has 0 saturated carbocycles. The highest BCUT2D eigenvalue weighted by Gasteiger charge is 2.35. The fourth-order valence-electron chi connectivity index (χ4n) is 4.91. The number of ether oxygens (including phenoxy) is 1. The molecule has 1 aliphatic heterocycles. The number of rotatable bonds is 7. The van der Waals surface area contributed by atoms with Crippen LogP contribution in [0.2, 0.25) is 0 Å². The lowest BCUT2D eigenvalue weighted by Gasteiger charge is -2.20. The number of hydrogen-bond donors (Lipinski definition) is 1. The van der Waals surface area contributed by atoms with E-state index in [0.29, 0.717) is 58.6 Å². The molecule has 1 N–H and O–H groups in total. The van der Waals surface area contributed by atoms with Crippen LogP contribution in [-0.2, 0) is 12.3 Å². The molecule has 2 heterocycles. The molecule has 0 aliphatic carbocycles. The molecule has 9 nitrogen and oxygen atoms in total. The van der Waals surface area contributed by atoms with E-state index in [9.17, 15) is 20.2 Å². The molecule has 0 spiro atoms. The molecule has 0 atom stereocenters. The van der Waals surface area contributed by atoms with Gasteiger partial charge in [0.1, 0.15) is 18.1 Å². The van der Waals surface area contributed by atoms with Crippen molar-refractivity contribution in [2.45, 2.75) is 12.3 Å². The van der Waals surface area contributed by atoms with Crippen molar-refractivity contribution in [2.75, 3.05) is 38.7 Å². The SMILES string of the molecule is CN(C)CCOc1ccc2[nH]c(C(=O)N3CCc4c3c(CCl)c([N+](=O)[O-])c3ccc(C#N)cc43)cc2c1. The number of halogens is 1. The number of anilines is 1. The van der Waals surface area contributed by atoms with E-state index in [-0.39, 0.29) is 17.5 Å². The summed E-state index contributed by atoms with van der Waals surface area (Å²) < 4.78 is 5.81. The van der Waals surface area contributed by atoms with Gasteiger partial charge in [0.15, 0.2) is 0 Å². The number of fused-ring (bicyclic) bond motifs is 4. The van der Waals surface area contributed by atoms with E-state index in [1.54, 1.807) is 29.2 Å². The van der Waals surface area contributed by atoms with Crippen molar-refractivity contribution in [1.29, 1.82) is 5.26 Å². The lowest BCUT2D eigenvalue weighted by atomic mass is 9.95. The molecule has 1 aliphatic rings. The summed E-state index contributed by atoms with van der Waals surface area (Å²) in [5.74, 6) is 0.277. The molecular formula is C27H24ClN5O4. The van der Waals surface area contributed by atoms with Gasteiger partial charge in [-0.15, -0.1) is 11.6 Å². The molecule has 1 amide bonds. The summed E-state index contributed by atoms with van der Waals surface area (Å²) >= 11 is 6.26. The predicted octanol–water partition coefficient (Wildman–Crippen LogP) is 4.98. The lowest BCUT2D eigenvalue weighted by Crippen LogP contribution is -2.30. The number of nitro groups is 1. The quantitative estimate of drug-likeness (QED) is 0.210. The van der Waals surface area contributed by atoms with Gasteiger partial charge in [0.25, 0.3) is 11.6 Å². The van der Waals surface area contributed by atoms with Gasteiger partial charge in [0.05, 0.1) is 39.1 Å². The predicted molar refractivity (Wildman–Crippen MR) is 143 cm³/mol. The molecular weight excluding hydrogens is 494 g/mol. The number of alkyl halides is 1. The summed E-state index contributed by atoms with van der Waals surface area (Å²) in [4.78, 5) is 32.1. The van der Waals surface area contributed by atoms with Crippen molar-refractivity contribution < 1.29 is 14.5 Å². The van der Waals surface area contributed by atoms with Crippen molar-refractivity contribution >= 4 is 50.6 Å². The van der Waals surface area contributed by atoms with Crippen molar-refractivity contribution in [3.8, 4) is 11.8 Å². The van der Waals surface area contributed by atoms with Crippen LogP contribution >= 0.6 is 11.6 Å². The number of carbonyl (C=O) groups is 1. The van der Waals surface area contributed by atoms with E-state index in [0.717, 1.165) is 23.0 Å². The summed E-state index contributed by atoms with van der Waals surface area (Å²) in [7, 11) is 3.95. The fraction of sp³-hybridized carbons (Fsp3) is 0.259. The number of amides is 1. The maximum Gasteiger partial charge on any atom is 0.283 e. The van der Waals surface area contributed by atoms with Crippen LogP contribution in [0.5, 0.6) is 5.75 Å². The zero-order valence-corrected chi connectivity index (χ0v) is 21.1. The number of aromatic amines is 1. The Morgan fingerprint density at radius 3 is 2.76 bits per heavy atom. The number of hydrogen-bond acceptors (Lipinski definition) is 6. The summed E-state index contributed by atoms with van der Waals surface area (Å²) in [6.45, 7) is 1.67. The third-order valence-corrected chi connectivity index (χ3v) is 6.90. The molecule has 1 aromatic heterocycles. The van der Waals surface area contributed by atoms with Gasteiger partial charge in [-0.3, -0.25) is 14.9 Å². The summed E-state index contributed by atoms with van der Waals surface area (Å²) in [6.07, 6.45) is 0.498. The Hall–Kier alpha value is -4.13. The minimum atomic E-state index is -0.464. The molecule has 188 valence electrons. The fourth-order valence-corrected chi connectivity index (χ4v) is 5.17. The molecule has 0 unspecified atom stereocenters. The van der Waals surface area contributed by atoms with E-state index in [2.05, 4.69) is 11.1 Å². The topological polar surface area (TPSA) is 116 Å². The first-order chi connectivity index (χ1) is 17.8. The van der Waals surface area contributed by atoms with Gasteiger partial charge in [0, 0.05) is 24.0 Å². The smallest absolute Gasteiger partial charge is 0.283 e. The Labute approximate surface area is 217 Å². The Morgan fingerprint density at radius 2 is 2.05 bits per heavy atom. The Kier molecular flexibility index (Phi) is 6.46. The van der Waals surface area contributed by atoms with Crippen molar-refractivity contribution in [2.24, 2.45) is 0 Å². The monoisotopic (exact) mass is 517 g/mol. The molecule has 37 heavy (non-hydrogen) atoms. The molecule has 0 fully saturated rings. The third-order valence-electron chi connectivity index (χ3n) is 6.63. The number of benzene rings is 3. The second-order valence-electron chi connectivity index (χ2n) is 9.21. The van der Waals surface area contributed by atoms with Crippen LogP contribution in [0.15, 0.2) is 42.5 Å². The van der Waals surface area contributed by atoms with Crippen molar-refractivity contribution in [1.82, 2.24) is 9.88 Å². The van der Waals surface area contributed by atoms with Gasteiger partial charge in [-0.25, -0.2) is 0 Å². The van der Waals surface area contributed by atoms with E-state index in [1.165, 1.54) is 0 Å². The number of nitriles is 1. The average Bonchev–Trinajstić information content (AvgIpc) is 3.51. The summed E-state index contributed by atoms with van der Waals surface area (Å²) in [6, 6.07) is 14.2. The number of nitro benzene ring substituents is 1. The first-order valence-electron chi connectivity index (χ1n) is 11.8. The van der Waals surface area contributed by atoms with Crippen LogP contribution in [0, 0.1) is 21.4 Å². The largest absolute Gasteiger partial charge is 0.492 e. The Bertz CT molecular complexity index is 1600. The van der Waals surface area contributed by atoms with Gasteiger partial charge < -0.3 is 19.5 Å². The van der Waals surface area contributed by atoms with Gasteiger partial charge in [-0.05, 0) is 73.9 Å². The number of H-pyrrole nitrogens is 1. The molecule has 5 rings (SSSR count). The minimum absolute atomic E-state index is 0.126. The maximum atomic E-state index is 13.7. The zero-order chi connectivity index (χ0) is 26.3. The summed E-state index contributed by atoms with van der Waals surface area (Å²) in [5.41, 5.74) is 2.95. The number of likely N-dealkylation sites (N-methyl/N-ethyl adjacent to an activating group) is 1. The Balaban J connectivity index is 1.56. The van der Waals surface area contributed by atoms with Gasteiger partial charge in [-0.1, -0.05) is 0 Å². The standard InChI is InChI=1S/C27H24ClN5O4/c1-31(2)9-10-37-18-4-6-23-17(12-18)13-24(30-23)27(34)32-8-7-20-21-11-16(15-29)3-5-19(21)26(33(35)36)22(14-28)25(20)32/h3-6,11-13,30H,7-10,14H2,1-2H3. The molecule has 0 saturated heterocycles. The van der Waals surface area contributed by atoms with Gasteiger partial charge in [0.2, 0.25) is 0 Å². The number of carbonyl (C=O) groups excluding carboxylic acids is 1.